The van der Waals surface area contributed by atoms with Crippen molar-refractivity contribution >= 4 is 0 Å². The van der Waals surface area contributed by atoms with Crippen molar-refractivity contribution in [2.45, 2.75) is 32.7 Å². The Bertz CT molecular complexity index is 144. The molecule has 1 rings (SSSR count). The van der Waals surface area contributed by atoms with Crippen LogP contribution in [0.2, 0.25) is 0 Å². The maximum atomic E-state index is 8.81. The highest BCUT2D eigenvalue weighted by Gasteiger charge is 2.20. The van der Waals surface area contributed by atoms with E-state index < -0.39 is 0 Å². The number of hydrogen-bond donors (Lipinski definition) is 1. The zero-order chi connectivity index (χ0) is 10.4. The van der Waals surface area contributed by atoms with Crippen LogP contribution in [0.15, 0.2) is 0 Å². The van der Waals surface area contributed by atoms with Crippen molar-refractivity contribution in [1.29, 1.82) is 0 Å². The van der Waals surface area contributed by atoms with E-state index in [9.17, 15) is 0 Å². The van der Waals surface area contributed by atoms with Crippen molar-refractivity contribution in [1.82, 2.24) is 4.90 Å². The second kappa shape index (κ2) is 6.38. The molecule has 1 saturated heterocycles. The number of aliphatic hydroxyl groups excluding tert-OH is 1. The van der Waals surface area contributed by atoms with E-state index in [1.807, 2.05) is 0 Å². The molecule has 0 saturated carbocycles. The van der Waals surface area contributed by atoms with Crippen LogP contribution >= 0.6 is 0 Å². The molecular weight excluding hydrogens is 178 g/mol. The van der Waals surface area contributed by atoms with Gasteiger partial charge in [-0.05, 0) is 32.6 Å². The predicted molar refractivity (Wildman–Crippen MR) is 57.3 cm³/mol. The summed E-state index contributed by atoms with van der Waals surface area (Å²) in [6, 6.07) is 0.571. The summed E-state index contributed by atoms with van der Waals surface area (Å²) in [4.78, 5) is 2.44. The molecule has 1 aliphatic heterocycles. The lowest BCUT2D eigenvalue weighted by Gasteiger charge is -2.28. The van der Waals surface area contributed by atoms with Gasteiger partial charge in [0.15, 0.2) is 0 Å². The van der Waals surface area contributed by atoms with Gasteiger partial charge in [-0.2, -0.15) is 0 Å². The molecule has 1 unspecified atom stereocenters. The van der Waals surface area contributed by atoms with Gasteiger partial charge in [-0.3, -0.25) is 0 Å². The molecule has 3 nitrogen and oxygen atoms in total. The number of aliphatic hydroxyl groups is 1. The predicted octanol–water partition coefficient (Wildman–Crippen LogP) is 1.12. The molecule has 0 amide bonds. The van der Waals surface area contributed by atoms with Crippen molar-refractivity contribution in [2.75, 3.05) is 32.9 Å². The summed E-state index contributed by atoms with van der Waals surface area (Å²) >= 11 is 0. The summed E-state index contributed by atoms with van der Waals surface area (Å²) in [6.07, 6.45) is 2.08. The number of ether oxygens (including phenoxy) is 1. The molecule has 3 heteroatoms. The smallest absolute Gasteiger partial charge is 0.0507 e. The molecule has 0 aromatic heterocycles. The van der Waals surface area contributed by atoms with Crippen molar-refractivity contribution in [3.05, 3.63) is 0 Å². The molecule has 1 N–H and O–H groups in total. The molecule has 1 atom stereocenters. The summed E-state index contributed by atoms with van der Waals surface area (Å²) < 4.78 is 5.37. The monoisotopic (exact) mass is 201 g/mol. The van der Waals surface area contributed by atoms with Crippen LogP contribution < -0.4 is 0 Å². The van der Waals surface area contributed by atoms with Crippen LogP contribution in [-0.4, -0.2) is 49.0 Å². The molecule has 0 spiro atoms. The van der Waals surface area contributed by atoms with Gasteiger partial charge < -0.3 is 14.7 Å². The summed E-state index contributed by atoms with van der Waals surface area (Å²) in [5, 5.41) is 8.81. The second-order valence-electron chi connectivity index (χ2n) is 4.40. The lowest BCUT2D eigenvalue weighted by molar-refractivity contribution is 0.144. The summed E-state index contributed by atoms with van der Waals surface area (Å²) in [6.45, 7) is 8.70. The lowest BCUT2D eigenvalue weighted by atomic mass is 10.1. The third kappa shape index (κ3) is 3.95. The normalized spacial score (nSPS) is 22.5. The highest BCUT2D eigenvalue weighted by Crippen LogP contribution is 2.15. The summed E-state index contributed by atoms with van der Waals surface area (Å²) in [5.74, 6) is 0.705. The number of nitrogens with zero attached hydrogens (tertiary/aromatic N) is 1. The minimum absolute atomic E-state index is 0.296. The third-order valence-corrected chi connectivity index (χ3v) is 2.85. The van der Waals surface area contributed by atoms with Gasteiger partial charge in [-0.15, -0.1) is 0 Å². The second-order valence-corrected chi connectivity index (χ2v) is 4.40. The Hall–Kier alpha value is -0.120. The molecule has 1 fully saturated rings. The fraction of sp³-hybridized carbons (Fsp3) is 1.00. The quantitative estimate of drug-likeness (QED) is 0.699. The van der Waals surface area contributed by atoms with E-state index in [0.717, 1.165) is 32.7 Å². The van der Waals surface area contributed by atoms with E-state index in [-0.39, 0.29) is 0 Å². The molecule has 0 radical (unpaired) electrons. The summed E-state index contributed by atoms with van der Waals surface area (Å²) in [7, 11) is 0. The highest BCUT2D eigenvalue weighted by atomic mass is 16.5. The average molecular weight is 201 g/mol. The van der Waals surface area contributed by atoms with Crippen molar-refractivity contribution in [2.24, 2.45) is 5.92 Å². The van der Waals surface area contributed by atoms with Crippen LogP contribution in [0.3, 0.4) is 0 Å². The maximum Gasteiger partial charge on any atom is 0.0507 e. The van der Waals surface area contributed by atoms with E-state index in [0.29, 0.717) is 18.6 Å². The van der Waals surface area contributed by atoms with E-state index in [1.54, 1.807) is 0 Å². The molecule has 1 aliphatic rings. The fourth-order valence-electron chi connectivity index (χ4n) is 1.89. The number of rotatable bonds is 6. The van der Waals surface area contributed by atoms with Gasteiger partial charge in [0.05, 0.1) is 6.61 Å². The van der Waals surface area contributed by atoms with Gasteiger partial charge in [0.25, 0.3) is 0 Å². The summed E-state index contributed by atoms with van der Waals surface area (Å²) in [5.41, 5.74) is 0. The zero-order valence-corrected chi connectivity index (χ0v) is 9.41. The minimum atomic E-state index is 0.296. The Morgan fingerprint density at radius 3 is 2.79 bits per heavy atom. The van der Waals surface area contributed by atoms with Crippen LogP contribution in [0.5, 0.6) is 0 Å². The molecule has 14 heavy (non-hydrogen) atoms. The Balaban J connectivity index is 2.26. The first-order valence-electron chi connectivity index (χ1n) is 5.66. The van der Waals surface area contributed by atoms with Gasteiger partial charge in [0, 0.05) is 32.3 Å². The Labute approximate surface area is 87.1 Å². The first-order valence-corrected chi connectivity index (χ1v) is 5.66. The van der Waals surface area contributed by atoms with Gasteiger partial charge in [-0.1, -0.05) is 0 Å². The Morgan fingerprint density at radius 2 is 2.29 bits per heavy atom. The standard InChI is InChI=1S/C11H23NO2/c1-10(2)12(5-3-6-13)8-11-4-7-14-9-11/h10-11,13H,3-9H2,1-2H3. The largest absolute Gasteiger partial charge is 0.396 e. The average Bonchev–Trinajstić information content (AvgIpc) is 2.64. The highest BCUT2D eigenvalue weighted by molar-refractivity contribution is 4.72. The maximum absolute atomic E-state index is 8.81. The zero-order valence-electron chi connectivity index (χ0n) is 9.41. The van der Waals surface area contributed by atoms with Crippen LogP contribution in [0.4, 0.5) is 0 Å². The van der Waals surface area contributed by atoms with Crippen molar-refractivity contribution in [3.63, 3.8) is 0 Å². The van der Waals surface area contributed by atoms with Gasteiger partial charge in [0.1, 0.15) is 0 Å². The Kier molecular flexibility index (Phi) is 5.45. The Morgan fingerprint density at radius 1 is 1.50 bits per heavy atom. The number of hydrogen-bond acceptors (Lipinski definition) is 3. The van der Waals surface area contributed by atoms with Crippen LogP contribution in [0.25, 0.3) is 0 Å². The molecule has 0 aromatic rings. The topological polar surface area (TPSA) is 32.7 Å². The van der Waals surface area contributed by atoms with E-state index >= 15 is 0 Å². The molecule has 1 heterocycles. The van der Waals surface area contributed by atoms with Gasteiger partial charge in [0.2, 0.25) is 0 Å². The fourth-order valence-corrected chi connectivity index (χ4v) is 1.89. The first-order chi connectivity index (χ1) is 6.74. The molecule has 84 valence electrons. The van der Waals surface area contributed by atoms with Crippen LogP contribution in [-0.2, 0) is 4.74 Å². The molecular formula is C11H23NO2. The minimum Gasteiger partial charge on any atom is -0.396 e. The molecule has 0 aromatic carbocycles. The third-order valence-electron chi connectivity index (χ3n) is 2.85. The van der Waals surface area contributed by atoms with E-state index in [4.69, 9.17) is 9.84 Å². The van der Waals surface area contributed by atoms with Gasteiger partial charge in [-0.25, -0.2) is 0 Å². The SMILES string of the molecule is CC(C)N(CCCO)CC1CCOC1. The lowest BCUT2D eigenvalue weighted by Crippen LogP contribution is -2.36. The van der Waals surface area contributed by atoms with E-state index in [2.05, 4.69) is 18.7 Å². The van der Waals surface area contributed by atoms with E-state index in [1.165, 1.54) is 6.42 Å². The van der Waals surface area contributed by atoms with Crippen LogP contribution in [0.1, 0.15) is 26.7 Å². The molecule has 0 bridgehead atoms. The van der Waals surface area contributed by atoms with Crippen molar-refractivity contribution in [3.8, 4) is 0 Å². The first kappa shape index (κ1) is 12.0. The van der Waals surface area contributed by atoms with Gasteiger partial charge >= 0.3 is 0 Å². The molecule has 0 aliphatic carbocycles. The van der Waals surface area contributed by atoms with Crippen LogP contribution in [0, 0.1) is 5.92 Å². The van der Waals surface area contributed by atoms with Crippen molar-refractivity contribution < 1.29 is 9.84 Å².